The summed E-state index contributed by atoms with van der Waals surface area (Å²) >= 11 is 0. The molecule has 0 radical (unpaired) electrons. The predicted molar refractivity (Wildman–Crippen MR) is 91.7 cm³/mol. The fraction of sp³-hybridized carbons (Fsp3) is 0.316. The van der Waals surface area contributed by atoms with Gasteiger partial charge in [-0.2, -0.15) is 0 Å². The van der Waals surface area contributed by atoms with E-state index in [0.717, 1.165) is 11.8 Å². The van der Waals surface area contributed by atoms with Crippen molar-refractivity contribution < 1.29 is 4.74 Å². The fourth-order valence-electron chi connectivity index (χ4n) is 2.42. The number of ether oxygens (including phenoxy) is 1. The molecular weight excluding hydrogens is 286 g/mol. The number of fused-ring (bicyclic) bond motifs is 1. The Morgan fingerprint density at radius 3 is 2.48 bits per heavy atom. The van der Waals surface area contributed by atoms with E-state index in [1.54, 1.807) is 6.20 Å². The lowest BCUT2D eigenvalue weighted by Crippen LogP contribution is -2.11. The SMILES string of the molecule is CC(C)(C)c1ccc(CCOc2ncnc3ncccc23)cc1. The van der Waals surface area contributed by atoms with Gasteiger partial charge in [0.2, 0.25) is 5.88 Å². The van der Waals surface area contributed by atoms with Crippen molar-refractivity contribution in [3.05, 3.63) is 60.0 Å². The van der Waals surface area contributed by atoms with E-state index in [-0.39, 0.29) is 5.41 Å². The standard InChI is InChI=1S/C19H21N3O/c1-19(2,3)15-8-6-14(7-9-15)10-12-23-18-16-5-4-11-20-17(16)21-13-22-18/h4-9,11,13H,10,12H2,1-3H3. The Hall–Kier alpha value is -2.49. The molecule has 1 aromatic carbocycles. The Morgan fingerprint density at radius 2 is 1.74 bits per heavy atom. The van der Waals surface area contributed by atoms with Gasteiger partial charge in [-0.05, 0) is 28.7 Å². The van der Waals surface area contributed by atoms with E-state index in [1.807, 2.05) is 12.1 Å². The molecule has 118 valence electrons. The Bertz CT molecular complexity index is 786. The number of hydrogen-bond donors (Lipinski definition) is 0. The first kappa shape index (κ1) is 15.4. The second-order valence-electron chi connectivity index (χ2n) is 6.60. The van der Waals surface area contributed by atoms with Crippen LogP contribution in [-0.2, 0) is 11.8 Å². The van der Waals surface area contributed by atoms with E-state index < -0.39 is 0 Å². The van der Waals surface area contributed by atoms with Crippen molar-refractivity contribution in [3.63, 3.8) is 0 Å². The molecule has 3 rings (SSSR count). The molecule has 4 heteroatoms. The zero-order chi connectivity index (χ0) is 16.3. The summed E-state index contributed by atoms with van der Waals surface area (Å²) in [5, 5.41) is 0.845. The molecule has 0 atom stereocenters. The van der Waals surface area contributed by atoms with Gasteiger partial charge in [0.25, 0.3) is 0 Å². The number of nitrogens with zero attached hydrogens (tertiary/aromatic N) is 3. The van der Waals surface area contributed by atoms with Crippen LogP contribution in [0, 0.1) is 0 Å². The molecule has 0 fully saturated rings. The molecule has 3 aromatic rings. The van der Waals surface area contributed by atoms with E-state index in [0.29, 0.717) is 18.1 Å². The zero-order valence-corrected chi connectivity index (χ0v) is 13.8. The average molecular weight is 307 g/mol. The van der Waals surface area contributed by atoms with Crippen LogP contribution in [0.4, 0.5) is 0 Å². The molecule has 4 nitrogen and oxygen atoms in total. The Kier molecular flexibility index (Phi) is 4.24. The van der Waals surface area contributed by atoms with Crippen molar-refractivity contribution in [2.75, 3.05) is 6.61 Å². The zero-order valence-electron chi connectivity index (χ0n) is 13.8. The second kappa shape index (κ2) is 6.32. The minimum Gasteiger partial charge on any atom is -0.477 e. The van der Waals surface area contributed by atoms with Crippen LogP contribution in [0.2, 0.25) is 0 Å². The maximum Gasteiger partial charge on any atom is 0.226 e. The van der Waals surface area contributed by atoms with Crippen molar-refractivity contribution in [2.45, 2.75) is 32.6 Å². The number of hydrogen-bond acceptors (Lipinski definition) is 4. The minimum absolute atomic E-state index is 0.182. The first-order valence-electron chi connectivity index (χ1n) is 7.82. The fourth-order valence-corrected chi connectivity index (χ4v) is 2.42. The Balaban J connectivity index is 1.65. The van der Waals surface area contributed by atoms with Gasteiger partial charge in [0.05, 0.1) is 12.0 Å². The molecule has 0 N–H and O–H groups in total. The van der Waals surface area contributed by atoms with Gasteiger partial charge in [0, 0.05) is 12.6 Å². The van der Waals surface area contributed by atoms with Gasteiger partial charge < -0.3 is 4.74 Å². The van der Waals surface area contributed by atoms with Gasteiger partial charge in [0.1, 0.15) is 6.33 Å². The molecule has 0 aliphatic heterocycles. The van der Waals surface area contributed by atoms with Gasteiger partial charge in [-0.1, -0.05) is 45.0 Å². The summed E-state index contributed by atoms with van der Waals surface area (Å²) in [6, 6.07) is 12.5. The lowest BCUT2D eigenvalue weighted by atomic mass is 9.86. The number of benzene rings is 1. The maximum absolute atomic E-state index is 5.83. The van der Waals surface area contributed by atoms with Gasteiger partial charge in [-0.15, -0.1) is 0 Å². The van der Waals surface area contributed by atoms with Crippen molar-refractivity contribution in [1.29, 1.82) is 0 Å². The van der Waals surface area contributed by atoms with Crippen LogP contribution in [0.5, 0.6) is 5.88 Å². The smallest absolute Gasteiger partial charge is 0.226 e. The summed E-state index contributed by atoms with van der Waals surface area (Å²) in [5.41, 5.74) is 3.44. The number of aromatic nitrogens is 3. The normalized spacial score (nSPS) is 11.6. The van der Waals surface area contributed by atoms with Crippen LogP contribution in [0.25, 0.3) is 11.0 Å². The van der Waals surface area contributed by atoms with E-state index in [1.165, 1.54) is 17.5 Å². The highest BCUT2D eigenvalue weighted by atomic mass is 16.5. The van der Waals surface area contributed by atoms with Crippen molar-refractivity contribution in [2.24, 2.45) is 0 Å². The van der Waals surface area contributed by atoms with Crippen molar-refractivity contribution in [3.8, 4) is 5.88 Å². The summed E-state index contributed by atoms with van der Waals surface area (Å²) < 4.78 is 5.83. The van der Waals surface area contributed by atoms with E-state index in [9.17, 15) is 0 Å². The highest BCUT2D eigenvalue weighted by molar-refractivity contribution is 5.79. The maximum atomic E-state index is 5.83. The van der Waals surface area contributed by atoms with Crippen LogP contribution < -0.4 is 4.74 Å². The third-order valence-corrected chi connectivity index (χ3v) is 3.82. The average Bonchev–Trinajstić information content (AvgIpc) is 2.55. The molecule has 0 saturated carbocycles. The van der Waals surface area contributed by atoms with E-state index >= 15 is 0 Å². The molecule has 0 aliphatic rings. The lowest BCUT2D eigenvalue weighted by Gasteiger charge is -2.19. The Labute approximate surface area is 136 Å². The molecule has 0 amide bonds. The van der Waals surface area contributed by atoms with Crippen LogP contribution in [0.1, 0.15) is 31.9 Å². The highest BCUT2D eigenvalue weighted by Crippen LogP contribution is 2.23. The minimum atomic E-state index is 0.182. The molecule has 0 spiro atoms. The topological polar surface area (TPSA) is 47.9 Å². The van der Waals surface area contributed by atoms with Crippen LogP contribution in [-0.4, -0.2) is 21.6 Å². The third-order valence-electron chi connectivity index (χ3n) is 3.82. The molecule has 23 heavy (non-hydrogen) atoms. The summed E-state index contributed by atoms with van der Waals surface area (Å²) in [6.45, 7) is 7.24. The monoisotopic (exact) mass is 307 g/mol. The molecule has 0 unspecified atom stereocenters. The van der Waals surface area contributed by atoms with Crippen LogP contribution >= 0.6 is 0 Å². The molecule has 0 bridgehead atoms. The van der Waals surface area contributed by atoms with Gasteiger partial charge in [0.15, 0.2) is 5.65 Å². The van der Waals surface area contributed by atoms with Gasteiger partial charge in [-0.3, -0.25) is 0 Å². The number of rotatable bonds is 4. The first-order chi connectivity index (χ1) is 11.0. The summed E-state index contributed by atoms with van der Waals surface area (Å²) in [7, 11) is 0. The van der Waals surface area contributed by atoms with E-state index in [4.69, 9.17) is 4.74 Å². The van der Waals surface area contributed by atoms with Crippen molar-refractivity contribution in [1.82, 2.24) is 15.0 Å². The van der Waals surface area contributed by atoms with Crippen LogP contribution in [0.15, 0.2) is 48.9 Å². The van der Waals surface area contributed by atoms with Crippen molar-refractivity contribution >= 4 is 11.0 Å². The highest BCUT2D eigenvalue weighted by Gasteiger charge is 2.12. The van der Waals surface area contributed by atoms with Gasteiger partial charge >= 0.3 is 0 Å². The third kappa shape index (κ3) is 3.65. The van der Waals surface area contributed by atoms with Gasteiger partial charge in [-0.25, -0.2) is 15.0 Å². The Morgan fingerprint density at radius 1 is 0.957 bits per heavy atom. The predicted octanol–water partition coefficient (Wildman–Crippen LogP) is 3.94. The summed E-state index contributed by atoms with van der Waals surface area (Å²) in [6.07, 6.45) is 4.05. The van der Waals surface area contributed by atoms with E-state index in [2.05, 4.69) is 60.0 Å². The largest absolute Gasteiger partial charge is 0.477 e. The molecule has 2 aromatic heterocycles. The molecular formula is C19H21N3O. The first-order valence-corrected chi connectivity index (χ1v) is 7.82. The molecule has 2 heterocycles. The van der Waals surface area contributed by atoms with Crippen LogP contribution in [0.3, 0.4) is 0 Å². The number of pyridine rings is 1. The quantitative estimate of drug-likeness (QED) is 0.732. The summed E-state index contributed by atoms with van der Waals surface area (Å²) in [5.74, 6) is 0.592. The second-order valence-corrected chi connectivity index (χ2v) is 6.60. The lowest BCUT2D eigenvalue weighted by molar-refractivity contribution is 0.313. The molecule has 0 saturated heterocycles. The molecule has 0 aliphatic carbocycles. The summed E-state index contributed by atoms with van der Waals surface area (Å²) in [4.78, 5) is 12.6.